The first-order valence-electron chi connectivity index (χ1n) is 8.67. The van der Waals surface area contributed by atoms with Gasteiger partial charge in [0.15, 0.2) is 5.96 Å². The number of aliphatic imine (C=N–C) groups is 1. The van der Waals surface area contributed by atoms with Gasteiger partial charge >= 0.3 is 0 Å². The summed E-state index contributed by atoms with van der Waals surface area (Å²) in [5.41, 5.74) is 6.00. The summed E-state index contributed by atoms with van der Waals surface area (Å²) in [5.74, 6) is 0.397. The van der Waals surface area contributed by atoms with E-state index in [9.17, 15) is 4.79 Å². The highest BCUT2D eigenvalue weighted by molar-refractivity contribution is 9.10. The molecule has 0 radical (unpaired) electrons. The van der Waals surface area contributed by atoms with Crippen LogP contribution in [0.4, 0.5) is 5.69 Å². The fraction of sp³-hybridized carbons (Fsp3) is 0.556. The van der Waals surface area contributed by atoms with Crippen molar-refractivity contribution >= 4 is 33.5 Å². The van der Waals surface area contributed by atoms with E-state index in [1.54, 1.807) is 0 Å². The maximum atomic E-state index is 11.5. The highest BCUT2D eigenvalue weighted by atomic mass is 79.9. The zero-order valence-corrected chi connectivity index (χ0v) is 16.8. The van der Waals surface area contributed by atoms with Gasteiger partial charge in [0, 0.05) is 35.8 Å². The summed E-state index contributed by atoms with van der Waals surface area (Å²) in [4.78, 5) is 18.4. The van der Waals surface area contributed by atoms with Gasteiger partial charge in [0.2, 0.25) is 5.91 Å². The molecule has 138 valence electrons. The molecule has 2 rings (SSSR count). The highest BCUT2D eigenvalue weighted by Crippen LogP contribution is 2.22. The monoisotopic (exact) mass is 409 g/mol. The number of hydrogen-bond acceptors (Lipinski definition) is 3. The molecule has 1 aromatic carbocycles. The fourth-order valence-corrected chi connectivity index (χ4v) is 2.90. The van der Waals surface area contributed by atoms with E-state index in [0.717, 1.165) is 36.5 Å². The number of rotatable bonds is 6. The summed E-state index contributed by atoms with van der Waals surface area (Å²) in [6.45, 7) is 8.71. The van der Waals surface area contributed by atoms with E-state index in [1.165, 1.54) is 5.69 Å². The fourth-order valence-electron chi connectivity index (χ4n) is 2.63. The van der Waals surface area contributed by atoms with Crippen molar-refractivity contribution in [1.82, 2.24) is 10.6 Å². The topological polar surface area (TPSA) is 82.7 Å². The third-order valence-corrected chi connectivity index (χ3v) is 4.89. The minimum atomic E-state index is -0.651. The van der Waals surface area contributed by atoms with E-state index in [4.69, 9.17) is 5.73 Å². The maximum absolute atomic E-state index is 11.5. The number of carbonyl (C=O) groups excluding carboxylic acids is 1. The molecule has 4 N–H and O–H groups in total. The number of halogens is 1. The molecule has 1 fully saturated rings. The van der Waals surface area contributed by atoms with Crippen molar-refractivity contribution in [1.29, 1.82) is 0 Å². The quantitative estimate of drug-likeness (QED) is 0.496. The molecule has 1 amide bonds. The SMILES string of the molecule is CCNC(=NCC(C)(C)C(N)=O)NC1CCN(c2ccc(Br)cc2)C1. The molecule has 1 unspecified atom stereocenters. The zero-order chi connectivity index (χ0) is 18.4. The highest BCUT2D eigenvalue weighted by Gasteiger charge is 2.26. The van der Waals surface area contributed by atoms with Crippen molar-refractivity contribution in [3.8, 4) is 0 Å². The average molecular weight is 410 g/mol. The molecule has 0 saturated carbocycles. The summed E-state index contributed by atoms with van der Waals surface area (Å²) in [5, 5.41) is 6.72. The molecule has 6 nitrogen and oxygen atoms in total. The Bertz CT molecular complexity index is 614. The Balaban J connectivity index is 1.96. The number of amides is 1. The molecule has 25 heavy (non-hydrogen) atoms. The number of nitrogens with zero attached hydrogens (tertiary/aromatic N) is 2. The Morgan fingerprint density at radius 1 is 1.40 bits per heavy atom. The molecule has 1 saturated heterocycles. The Hall–Kier alpha value is -1.76. The number of hydrogen-bond donors (Lipinski definition) is 3. The smallest absolute Gasteiger partial charge is 0.224 e. The lowest BCUT2D eigenvalue weighted by Gasteiger charge is -2.22. The first-order valence-corrected chi connectivity index (χ1v) is 9.46. The number of nitrogens with two attached hydrogens (primary N) is 1. The molecule has 0 spiro atoms. The number of benzene rings is 1. The van der Waals surface area contributed by atoms with Crippen LogP contribution in [0, 0.1) is 5.41 Å². The second-order valence-electron chi connectivity index (χ2n) is 7.00. The van der Waals surface area contributed by atoms with Gasteiger partial charge in [-0.15, -0.1) is 0 Å². The van der Waals surface area contributed by atoms with Crippen LogP contribution in [0.2, 0.25) is 0 Å². The van der Waals surface area contributed by atoms with Gasteiger partial charge in [-0.05, 0) is 51.5 Å². The Morgan fingerprint density at radius 3 is 2.68 bits per heavy atom. The third kappa shape index (κ3) is 5.63. The van der Waals surface area contributed by atoms with Gasteiger partial charge < -0.3 is 21.3 Å². The number of carbonyl (C=O) groups is 1. The van der Waals surface area contributed by atoms with E-state index in [2.05, 4.69) is 60.7 Å². The summed E-state index contributed by atoms with van der Waals surface area (Å²) in [6, 6.07) is 8.70. The van der Waals surface area contributed by atoms with Gasteiger partial charge in [-0.1, -0.05) is 15.9 Å². The first-order chi connectivity index (χ1) is 11.8. The van der Waals surface area contributed by atoms with E-state index in [0.29, 0.717) is 12.6 Å². The summed E-state index contributed by atoms with van der Waals surface area (Å²) in [6.07, 6.45) is 1.04. The van der Waals surface area contributed by atoms with Gasteiger partial charge in [0.1, 0.15) is 0 Å². The molecular formula is C18H28BrN5O. The lowest BCUT2D eigenvalue weighted by Crippen LogP contribution is -2.45. The predicted octanol–water partition coefficient (Wildman–Crippen LogP) is 2.09. The molecule has 0 aliphatic carbocycles. The molecule has 7 heteroatoms. The molecule has 1 atom stereocenters. The van der Waals surface area contributed by atoms with Crippen LogP contribution < -0.4 is 21.3 Å². The molecule has 1 aromatic rings. The molecule has 0 aromatic heterocycles. The van der Waals surface area contributed by atoms with Crippen molar-refractivity contribution < 1.29 is 4.79 Å². The van der Waals surface area contributed by atoms with E-state index >= 15 is 0 Å². The maximum Gasteiger partial charge on any atom is 0.224 e. The summed E-state index contributed by atoms with van der Waals surface area (Å²) in [7, 11) is 0. The first kappa shape index (κ1) is 19.6. The number of guanidine groups is 1. The number of anilines is 1. The summed E-state index contributed by atoms with van der Waals surface area (Å²) < 4.78 is 1.09. The Morgan fingerprint density at radius 2 is 2.08 bits per heavy atom. The van der Waals surface area contributed by atoms with Crippen LogP contribution >= 0.6 is 15.9 Å². The zero-order valence-electron chi connectivity index (χ0n) is 15.2. The van der Waals surface area contributed by atoms with E-state index < -0.39 is 5.41 Å². The largest absolute Gasteiger partial charge is 0.369 e. The van der Waals surface area contributed by atoms with Crippen molar-refractivity contribution in [2.24, 2.45) is 16.1 Å². The molecule has 1 heterocycles. The van der Waals surface area contributed by atoms with Crippen LogP contribution in [-0.2, 0) is 4.79 Å². The van der Waals surface area contributed by atoms with Crippen molar-refractivity contribution in [2.75, 3.05) is 31.1 Å². The molecule has 1 aliphatic heterocycles. The van der Waals surface area contributed by atoms with Crippen molar-refractivity contribution in [3.05, 3.63) is 28.7 Å². The minimum absolute atomic E-state index is 0.318. The van der Waals surface area contributed by atoms with Crippen LogP contribution in [-0.4, -0.2) is 44.1 Å². The van der Waals surface area contributed by atoms with Gasteiger partial charge in [0.25, 0.3) is 0 Å². The number of nitrogens with one attached hydrogen (secondary N) is 2. The lowest BCUT2D eigenvalue weighted by molar-refractivity contribution is -0.125. The van der Waals surface area contributed by atoms with Crippen molar-refractivity contribution in [2.45, 2.75) is 33.2 Å². The van der Waals surface area contributed by atoms with E-state index in [1.807, 2.05) is 20.8 Å². The van der Waals surface area contributed by atoms with Gasteiger partial charge in [-0.3, -0.25) is 9.79 Å². The predicted molar refractivity (Wildman–Crippen MR) is 107 cm³/mol. The lowest BCUT2D eigenvalue weighted by atomic mass is 9.93. The Kier molecular flexibility index (Phi) is 6.70. The molecular weight excluding hydrogens is 382 g/mol. The van der Waals surface area contributed by atoms with Gasteiger partial charge in [-0.2, -0.15) is 0 Å². The van der Waals surface area contributed by atoms with Crippen LogP contribution in [0.1, 0.15) is 27.2 Å². The number of primary amides is 1. The van der Waals surface area contributed by atoms with Crippen LogP contribution in [0.25, 0.3) is 0 Å². The van der Waals surface area contributed by atoms with Crippen LogP contribution in [0.5, 0.6) is 0 Å². The normalized spacial score (nSPS) is 18.3. The minimum Gasteiger partial charge on any atom is -0.369 e. The third-order valence-electron chi connectivity index (χ3n) is 4.36. The molecule has 0 bridgehead atoms. The van der Waals surface area contributed by atoms with Crippen molar-refractivity contribution in [3.63, 3.8) is 0 Å². The van der Waals surface area contributed by atoms with Gasteiger partial charge in [-0.25, -0.2) is 0 Å². The summed E-state index contributed by atoms with van der Waals surface area (Å²) >= 11 is 3.47. The second kappa shape index (κ2) is 8.56. The van der Waals surface area contributed by atoms with E-state index in [-0.39, 0.29) is 5.91 Å². The average Bonchev–Trinajstić information content (AvgIpc) is 3.02. The van der Waals surface area contributed by atoms with Gasteiger partial charge in [0.05, 0.1) is 12.0 Å². The Labute approximate surface area is 158 Å². The van der Waals surface area contributed by atoms with Crippen LogP contribution in [0.15, 0.2) is 33.7 Å². The van der Waals surface area contributed by atoms with Crippen LogP contribution in [0.3, 0.4) is 0 Å². The molecule has 1 aliphatic rings. The second-order valence-corrected chi connectivity index (χ2v) is 7.91. The standard InChI is InChI=1S/C18H28BrN5O/c1-4-21-17(22-12-18(2,3)16(20)25)23-14-9-10-24(11-14)15-7-5-13(19)6-8-15/h5-8,14H,4,9-12H2,1-3H3,(H2,20,25)(H2,21,22,23).